The van der Waals surface area contributed by atoms with E-state index in [2.05, 4.69) is 5.32 Å². The summed E-state index contributed by atoms with van der Waals surface area (Å²) in [6.07, 6.45) is 0.391. The van der Waals surface area contributed by atoms with Crippen LogP contribution in [0.4, 0.5) is 0 Å². The number of hydrogen-bond acceptors (Lipinski definition) is 3. The second kappa shape index (κ2) is 3.36. The number of para-hydroxylation sites is 1. The third-order valence-corrected chi connectivity index (χ3v) is 2.42. The van der Waals surface area contributed by atoms with Crippen LogP contribution in [-0.2, 0) is 0 Å². The monoisotopic (exact) mass is 179 g/mol. The first-order valence-corrected chi connectivity index (χ1v) is 4.46. The average Bonchev–Trinajstić information content (AvgIpc) is 2.53. The zero-order chi connectivity index (χ0) is 9.26. The maximum atomic E-state index is 9.54. The molecular weight excluding hydrogens is 166 g/mol. The second-order valence-corrected chi connectivity index (χ2v) is 3.41. The molecule has 0 aliphatic carbocycles. The Bertz CT molecular complexity index is 301. The molecule has 0 radical (unpaired) electrons. The predicted octanol–water partition coefficient (Wildman–Crippen LogP) is 0.787. The van der Waals surface area contributed by atoms with Gasteiger partial charge < -0.3 is 15.5 Å². The first-order valence-electron chi connectivity index (χ1n) is 4.46. The molecule has 1 saturated heterocycles. The summed E-state index contributed by atoms with van der Waals surface area (Å²) in [6.45, 7) is 0.610. The highest BCUT2D eigenvalue weighted by Gasteiger charge is 2.24. The maximum Gasteiger partial charge on any atom is 0.120 e. The number of phenols is 1. The minimum Gasteiger partial charge on any atom is -0.508 e. The third kappa shape index (κ3) is 1.66. The van der Waals surface area contributed by atoms with Gasteiger partial charge in [0.15, 0.2) is 0 Å². The van der Waals surface area contributed by atoms with Crippen molar-refractivity contribution in [2.45, 2.75) is 18.6 Å². The molecule has 1 aromatic rings. The molecule has 1 heterocycles. The van der Waals surface area contributed by atoms with Crippen LogP contribution < -0.4 is 5.32 Å². The van der Waals surface area contributed by atoms with Gasteiger partial charge in [-0.15, -0.1) is 0 Å². The van der Waals surface area contributed by atoms with Crippen LogP contribution in [0, 0.1) is 0 Å². The lowest BCUT2D eigenvalue weighted by atomic mass is 10.0. The lowest BCUT2D eigenvalue weighted by molar-refractivity contribution is 0.193. The predicted molar refractivity (Wildman–Crippen MR) is 49.5 cm³/mol. The highest BCUT2D eigenvalue weighted by Crippen LogP contribution is 2.29. The molecule has 0 aromatic heterocycles. The molecule has 13 heavy (non-hydrogen) atoms. The molecule has 1 fully saturated rings. The summed E-state index contributed by atoms with van der Waals surface area (Å²) in [7, 11) is 0. The lowest BCUT2D eigenvalue weighted by Crippen LogP contribution is -2.14. The highest BCUT2D eigenvalue weighted by molar-refractivity contribution is 5.35. The Morgan fingerprint density at radius 3 is 2.69 bits per heavy atom. The molecule has 0 amide bonds. The van der Waals surface area contributed by atoms with Gasteiger partial charge >= 0.3 is 0 Å². The normalized spacial score (nSPS) is 27.8. The zero-order valence-electron chi connectivity index (χ0n) is 7.27. The van der Waals surface area contributed by atoms with Gasteiger partial charge in [0.05, 0.1) is 6.10 Å². The Morgan fingerprint density at radius 1 is 1.31 bits per heavy atom. The van der Waals surface area contributed by atoms with Crippen molar-refractivity contribution in [2.75, 3.05) is 6.54 Å². The summed E-state index contributed by atoms with van der Waals surface area (Å²) < 4.78 is 0. The minimum atomic E-state index is -0.287. The van der Waals surface area contributed by atoms with E-state index in [1.165, 1.54) is 0 Å². The number of aromatic hydroxyl groups is 1. The van der Waals surface area contributed by atoms with Gasteiger partial charge in [0, 0.05) is 18.2 Å². The Balaban J connectivity index is 2.21. The fourth-order valence-electron chi connectivity index (χ4n) is 1.74. The van der Waals surface area contributed by atoms with E-state index in [4.69, 9.17) is 0 Å². The van der Waals surface area contributed by atoms with Crippen molar-refractivity contribution >= 4 is 0 Å². The van der Waals surface area contributed by atoms with E-state index < -0.39 is 0 Å². The van der Waals surface area contributed by atoms with Gasteiger partial charge in [-0.2, -0.15) is 0 Å². The number of nitrogens with one attached hydrogen (secondary N) is 1. The number of rotatable bonds is 1. The topological polar surface area (TPSA) is 52.5 Å². The van der Waals surface area contributed by atoms with Gasteiger partial charge in [0.2, 0.25) is 0 Å². The van der Waals surface area contributed by atoms with Crippen molar-refractivity contribution in [3.8, 4) is 5.75 Å². The number of aliphatic hydroxyl groups excluding tert-OH is 1. The molecule has 0 bridgehead atoms. The Kier molecular flexibility index (Phi) is 2.20. The van der Waals surface area contributed by atoms with Crippen LogP contribution in [0.3, 0.4) is 0 Å². The van der Waals surface area contributed by atoms with E-state index in [-0.39, 0.29) is 12.1 Å². The summed E-state index contributed by atoms with van der Waals surface area (Å²) in [4.78, 5) is 0. The molecule has 2 unspecified atom stereocenters. The molecule has 0 saturated carbocycles. The van der Waals surface area contributed by atoms with Crippen molar-refractivity contribution in [1.29, 1.82) is 0 Å². The molecule has 2 rings (SSSR count). The zero-order valence-corrected chi connectivity index (χ0v) is 7.27. The fourth-order valence-corrected chi connectivity index (χ4v) is 1.74. The number of β-amino-alcohol motifs (C(OH)–C–C–N with tert-alkyl or cyclic N) is 1. The van der Waals surface area contributed by atoms with Crippen molar-refractivity contribution in [1.82, 2.24) is 5.32 Å². The molecule has 1 aliphatic heterocycles. The van der Waals surface area contributed by atoms with E-state index in [0.29, 0.717) is 18.7 Å². The summed E-state index contributed by atoms with van der Waals surface area (Å²) in [5.74, 6) is 0.300. The molecule has 1 aromatic carbocycles. The van der Waals surface area contributed by atoms with Crippen LogP contribution in [0.5, 0.6) is 5.75 Å². The van der Waals surface area contributed by atoms with Crippen LogP contribution >= 0.6 is 0 Å². The molecule has 2 atom stereocenters. The number of phenolic OH excluding ortho intramolecular Hbond substituents is 1. The van der Waals surface area contributed by atoms with E-state index in [0.717, 1.165) is 5.56 Å². The molecule has 1 aliphatic rings. The quantitative estimate of drug-likeness (QED) is 0.597. The Morgan fingerprint density at radius 2 is 2.08 bits per heavy atom. The van der Waals surface area contributed by atoms with Gasteiger partial charge in [-0.3, -0.25) is 0 Å². The molecule has 3 heteroatoms. The lowest BCUT2D eigenvalue weighted by Gasteiger charge is -2.11. The van der Waals surface area contributed by atoms with Gasteiger partial charge in [-0.05, 0) is 12.5 Å². The SMILES string of the molecule is Oc1ccccc1C1CC(O)CN1. The molecule has 3 N–H and O–H groups in total. The van der Waals surface area contributed by atoms with Crippen LogP contribution in [0.15, 0.2) is 24.3 Å². The summed E-state index contributed by atoms with van der Waals surface area (Å²) in [5.41, 5.74) is 0.874. The van der Waals surface area contributed by atoms with Gasteiger partial charge in [-0.25, -0.2) is 0 Å². The van der Waals surface area contributed by atoms with Crippen LogP contribution in [-0.4, -0.2) is 22.9 Å². The van der Waals surface area contributed by atoms with E-state index >= 15 is 0 Å². The van der Waals surface area contributed by atoms with Gasteiger partial charge in [0.1, 0.15) is 5.75 Å². The number of hydrogen-bond donors (Lipinski definition) is 3. The van der Waals surface area contributed by atoms with E-state index in [1.807, 2.05) is 12.1 Å². The van der Waals surface area contributed by atoms with Crippen LogP contribution in [0.2, 0.25) is 0 Å². The first kappa shape index (κ1) is 8.53. The summed E-state index contributed by atoms with van der Waals surface area (Å²) in [6, 6.07) is 7.33. The van der Waals surface area contributed by atoms with E-state index in [1.54, 1.807) is 12.1 Å². The first-order chi connectivity index (χ1) is 6.27. The van der Waals surface area contributed by atoms with Crippen molar-refractivity contribution in [3.63, 3.8) is 0 Å². The average molecular weight is 179 g/mol. The third-order valence-electron chi connectivity index (χ3n) is 2.42. The summed E-state index contributed by atoms with van der Waals surface area (Å²) in [5, 5.41) is 22.0. The Hall–Kier alpha value is -1.06. The molecule has 0 spiro atoms. The molecule has 70 valence electrons. The minimum absolute atomic E-state index is 0.0937. The number of benzene rings is 1. The van der Waals surface area contributed by atoms with Gasteiger partial charge in [-0.1, -0.05) is 18.2 Å². The van der Waals surface area contributed by atoms with Crippen molar-refractivity contribution in [3.05, 3.63) is 29.8 Å². The molecular formula is C10H13NO2. The van der Waals surface area contributed by atoms with Crippen LogP contribution in [0.1, 0.15) is 18.0 Å². The molecule has 3 nitrogen and oxygen atoms in total. The standard InChI is InChI=1S/C10H13NO2/c12-7-5-9(11-6-7)8-3-1-2-4-10(8)13/h1-4,7,9,11-13H,5-6H2. The summed E-state index contributed by atoms with van der Waals surface area (Å²) >= 11 is 0. The maximum absolute atomic E-state index is 9.54. The Labute approximate surface area is 77.0 Å². The van der Waals surface area contributed by atoms with Crippen LogP contribution in [0.25, 0.3) is 0 Å². The second-order valence-electron chi connectivity index (χ2n) is 3.41. The van der Waals surface area contributed by atoms with Crippen molar-refractivity contribution in [2.24, 2.45) is 0 Å². The van der Waals surface area contributed by atoms with Gasteiger partial charge in [0.25, 0.3) is 0 Å². The smallest absolute Gasteiger partial charge is 0.120 e. The van der Waals surface area contributed by atoms with E-state index in [9.17, 15) is 10.2 Å². The fraction of sp³-hybridized carbons (Fsp3) is 0.400. The highest BCUT2D eigenvalue weighted by atomic mass is 16.3. The number of aliphatic hydroxyl groups is 1. The largest absolute Gasteiger partial charge is 0.508 e. The van der Waals surface area contributed by atoms with Crippen molar-refractivity contribution < 1.29 is 10.2 Å².